The first kappa shape index (κ1) is 17.0. The topological polar surface area (TPSA) is 43.9 Å². The van der Waals surface area contributed by atoms with Crippen LogP contribution in [-0.4, -0.2) is 14.7 Å². The highest BCUT2D eigenvalue weighted by Crippen LogP contribution is 2.31. The summed E-state index contributed by atoms with van der Waals surface area (Å²) in [4.78, 5) is 5.59. The Morgan fingerprint density at radius 3 is 2.64 bits per heavy atom. The van der Waals surface area contributed by atoms with Crippen molar-refractivity contribution < 1.29 is 4.52 Å². The van der Waals surface area contributed by atoms with Crippen molar-refractivity contribution in [2.75, 3.05) is 0 Å². The Balaban J connectivity index is 1.56. The molecule has 3 heterocycles. The van der Waals surface area contributed by atoms with Gasteiger partial charge in [0.15, 0.2) is 0 Å². The van der Waals surface area contributed by atoms with E-state index in [1.165, 1.54) is 27.7 Å². The number of thiophene rings is 1. The van der Waals surface area contributed by atoms with Crippen molar-refractivity contribution in [1.82, 2.24) is 14.7 Å². The lowest BCUT2D eigenvalue weighted by molar-refractivity contribution is 0.432. The second kappa shape index (κ2) is 6.77. The second-order valence-corrected chi connectivity index (χ2v) is 7.86. The number of nitrogens with zero attached hydrogens (tertiary/aromatic N) is 3. The molecular formula is C23H19N3OS. The van der Waals surface area contributed by atoms with E-state index >= 15 is 0 Å². The van der Waals surface area contributed by atoms with Gasteiger partial charge < -0.3 is 9.09 Å². The lowest BCUT2D eigenvalue weighted by Gasteiger charge is -2.09. The first-order valence-corrected chi connectivity index (χ1v) is 10.1. The van der Waals surface area contributed by atoms with E-state index in [1.807, 2.05) is 17.5 Å². The third-order valence-electron chi connectivity index (χ3n) is 5.24. The van der Waals surface area contributed by atoms with Crippen LogP contribution in [0, 0.1) is 13.8 Å². The first-order valence-electron chi connectivity index (χ1n) is 9.22. The van der Waals surface area contributed by atoms with E-state index in [0.717, 1.165) is 17.0 Å². The van der Waals surface area contributed by atoms with Gasteiger partial charge >= 0.3 is 0 Å². The second-order valence-electron chi connectivity index (χ2n) is 6.91. The SMILES string of the molecule is Cc1c(C)n(Cc2ccccc2)c2ccc(-c3nc(-c4cccs4)no3)cc12. The molecule has 0 fully saturated rings. The molecule has 28 heavy (non-hydrogen) atoms. The monoisotopic (exact) mass is 385 g/mol. The molecule has 0 aliphatic rings. The Kier molecular flexibility index (Phi) is 4.10. The zero-order chi connectivity index (χ0) is 19.1. The normalized spacial score (nSPS) is 11.4. The minimum atomic E-state index is 0.554. The molecule has 0 saturated heterocycles. The number of rotatable bonds is 4. The van der Waals surface area contributed by atoms with Gasteiger partial charge in [-0.15, -0.1) is 11.3 Å². The summed E-state index contributed by atoms with van der Waals surface area (Å²) < 4.78 is 7.90. The largest absolute Gasteiger partial charge is 0.340 e. The maximum absolute atomic E-state index is 5.53. The molecule has 5 aromatic rings. The van der Waals surface area contributed by atoms with E-state index in [9.17, 15) is 0 Å². The zero-order valence-corrected chi connectivity index (χ0v) is 16.5. The number of aromatic nitrogens is 3. The lowest BCUT2D eigenvalue weighted by atomic mass is 10.1. The van der Waals surface area contributed by atoms with Gasteiger partial charge in [0.25, 0.3) is 5.89 Å². The molecule has 3 aromatic heterocycles. The standard InChI is InChI=1S/C23H19N3OS/c1-15-16(2)26(14-17-7-4-3-5-8-17)20-11-10-18(13-19(15)20)23-24-22(25-27-23)21-9-6-12-28-21/h3-13H,14H2,1-2H3. The Labute approximate surface area is 167 Å². The molecule has 5 rings (SSSR count). The predicted molar refractivity (Wildman–Crippen MR) is 114 cm³/mol. The first-order chi connectivity index (χ1) is 13.7. The highest BCUT2D eigenvalue weighted by atomic mass is 32.1. The maximum atomic E-state index is 5.53. The number of hydrogen-bond donors (Lipinski definition) is 0. The van der Waals surface area contributed by atoms with Crippen LogP contribution in [-0.2, 0) is 6.54 Å². The summed E-state index contributed by atoms with van der Waals surface area (Å²) in [5.41, 5.74) is 6.03. The summed E-state index contributed by atoms with van der Waals surface area (Å²) >= 11 is 1.61. The van der Waals surface area contributed by atoms with Gasteiger partial charge in [0, 0.05) is 28.7 Å². The Bertz CT molecular complexity index is 1250. The molecule has 2 aromatic carbocycles. The Hall–Kier alpha value is -3.18. The van der Waals surface area contributed by atoms with Crippen LogP contribution in [0.1, 0.15) is 16.8 Å². The van der Waals surface area contributed by atoms with Crippen molar-refractivity contribution in [1.29, 1.82) is 0 Å². The molecule has 0 saturated carbocycles. The molecule has 0 radical (unpaired) electrons. The molecule has 4 nitrogen and oxygen atoms in total. The maximum Gasteiger partial charge on any atom is 0.258 e. The van der Waals surface area contributed by atoms with Crippen molar-refractivity contribution >= 4 is 22.2 Å². The van der Waals surface area contributed by atoms with Crippen molar-refractivity contribution in [2.24, 2.45) is 0 Å². The van der Waals surface area contributed by atoms with Gasteiger partial charge in [-0.3, -0.25) is 0 Å². The quantitative estimate of drug-likeness (QED) is 0.376. The zero-order valence-electron chi connectivity index (χ0n) is 15.7. The van der Waals surface area contributed by atoms with E-state index < -0.39 is 0 Å². The molecule has 0 aliphatic heterocycles. The molecule has 138 valence electrons. The fourth-order valence-electron chi connectivity index (χ4n) is 3.60. The molecule has 0 aliphatic carbocycles. The van der Waals surface area contributed by atoms with Gasteiger partial charge in [-0.2, -0.15) is 4.98 Å². The van der Waals surface area contributed by atoms with Crippen LogP contribution in [0.25, 0.3) is 33.1 Å². The highest BCUT2D eigenvalue weighted by molar-refractivity contribution is 7.13. The average molecular weight is 385 g/mol. The molecule has 0 bridgehead atoms. The fraction of sp³-hybridized carbons (Fsp3) is 0.130. The smallest absolute Gasteiger partial charge is 0.258 e. The van der Waals surface area contributed by atoms with Crippen LogP contribution in [0.15, 0.2) is 70.6 Å². The summed E-state index contributed by atoms with van der Waals surface area (Å²) in [5.74, 6) is 1.19. The number of hydrogen-bond acceptors (Lipinski definition) is 4. The highest BCUT2D eigenvalue weighted by Gasteiger charge is 2.16. The van der Waals surface area contributed by atoms with Gasteiger partial charge in [-0.1, -0.05) is 41.6 Å². The van der Waals surface area contributed by atoms with Crippen LogP contribution in [0.2, 0.25) is 0 Å². The van der Waals surface area contributed by atoms with Crippen LogP contribution in [0.4, 0.5) is 0 Å². The van der Waals surface area contributed by atoms with Crippen LogP contribution < -0.4 is 0 Å². The van der Waals surface area contributed by atoms with Crippen LogP contribution in [0.5, 0.6) is 0 Å². The van der Waals surface area contributed by atoms with Gasteiger partial charge in [-0.05, 0) is 54.6 Å². The van der Waals surface area contributed by atoms with Gasteiger partial charge in [0.1, 0.15) is 0 Å². The Morgan fingerprint density at radius 2 is 1.86 bits per heavy atom. The van der Waals surface area contributed by atoms with Crippen molar-refractivity contribution in [2.45, 2.75) is 20.4 Å². The summed E-state index contributed by atoms with van der Waals surface area (Å²) in [7, 11) is 0. The van der Waals surface area contributed by atoms with E-state index in [2.05, 4.69) is 77.1 Å². The molecule has 0 atom stereocenters. The van der Waals surface area contributed by atoms with Crippen molar-refractivity contribution in [3.05, 3.63) is 82.9 Å². The van der Waals surface area contributed by atoms with Crippen LogP contribution in [0.3, 0.4) is 0 Å². The minimum Gasteiger partial charge on any atom is -0.340 e. The lowest BCUT2D eigenvalue weighted by Crippen LogP contribution is -2.01. The molecule has 0 spiro atoms. The molecular weight excluding hydrogens is 366 g/mol. The summed E-state index contributed by atoms with van der Waals surface area (Å²) in [6.07, 6.45) is 0. The summed E-state index contributed by atoms with van der Waals surface area (Å²) in [6.45, 7) is 5.22. The van der Waals surface area contributed by atoms with Crippen molar-refractivity contribution in [3.63, 3.8) is 0 Å². The number of aryl methyl sites for hydroxylation is 1. The Morgan fingerprint density at radius 1 is 1.00 bits per heavy atom. The van der Waals surface area contributed by atoms with E-state index in [-0.39, 0.29) is 0 Å². The molecule has 5 heteroatoms. The van der Waals surface area contributed by atoms with E-state index in [0.29, 0.717) is 11.7 Å². The summed E-state index contributed by atoms with van der Waals surface area (Å²) in [5, 5.41) is 7.37. The van der Waals surface area contributed by atoms with Gasteiger partial charge in [0.2, 0.25) is 5.82 Å². The van der Waals surface area contributed by atoms with E-state index in [1.54, 1.807) is 11.3 Å². The molecule has 0 N–H and O–H groups in total. The molecule has 0 amide bonds. The average Bonchev–Trinajstić information content (AvgIpc) is 3.46. The number of benzene rings is 2. The van der Waals surface area contributed by atoms with Gasteiger partial charge in [-0.25, -0.2) is 0 Å². The molecule has 0 unspecified atom stereocenters. The predicted octanol–water partition coefficient (Wildman–Crippen LogP) is 6.08. The van der Waals surface area contributed by atoms with E-state index in [4.69, 9.17) is 4.52 Å². The van der Waals surface area contributed by atoms with Crippen LogP contribution >= 0.6 is 11.3 Å². The van der Waals surface area contributed by atoms with Gasteiger partial charge in [0.05, 0.1) is 4.88 Å². The minimum absolute atomic E-state index is 0.554. The summed E-state index contributed by atoms with van der Waals surface area (Å²) in [6, 6.07) is 20.9. The van der Waals surface area contributed by atoms with Crippen molar-refractivity contribution in [3.8, 4) is 22.2 Å². The third-order valence-corrected chi connectivity index (χ3v) is 6.10. The number of fused-ring (bicyclic) bond motifs is 1. The third kappa shape index (κ3) is 2.84. The fourth-order valence-corrected chi connectivity index (χ4v) is 4.25.